The maximum absolute atomic E-state index is 13.7. The number of hydrogen-bond acceptors (Lipinski definition) is 2. The van der Waals surface area contributed by atoms with Crippen molar-refractivity contribution < 1.29 is 4.39 Å². The Balaban J connectivity index is 1.94. The van der Waals surface area contributed by atoms with Gasteiger partial charge in [-0.15, -0.1) is 0 Å². The quantitative estimate of drug-likeness (QED) is 0.902. The highest BCUT2D eigenvalue weighted by atomic mass is 19.1. The first-order chi connectivity index (χ1) is 10.7. The van der Waals surface area contributed by atoms with Gasteiger partial charge in [0.25, 0.3) is 0 Å². The van der Waals surface area contributed by atoms with Crippen LogP contribution in [0.1, 0.15) is 29.2 Å². The highest BCUT2D eigenvalue weighted by molar-refractivity contribution is 5.60. The first-order valence-electron chi connectivity index (χ1n) is 7.95. The fraction of sp³-hybridized carbons (Fsp3) is 0.368. The van der Waals surface area contributed by atoms with Gasteiger partial charge in [0.1, 0.15) is 5.82 Å². The van der Waals surface area contributed by atoms with Crippen molar-refractivity contribution in [3.63, 3.8) is 0 Å². The minimum atomic E-state index is -0.157. The Morgan fingerprint density at radius 2 is 2.09 bits per heavy atom. The summed E-state index contributed by atoms with van der Waals surface area (Å²) in [7, 11) is 1.96. The van der Waals surface area contributed by atoms with Crippen LogP contribution in [-0.4, -0.2) is 20.1 Å². The Labute approximate surface area is 132 Å². The summed E-state index contributed by atoms with van der Waals surface area (Å²) in [6, 6.07) is 13.9. The topological polar surface area (TPSA) is 15.3 Å². The third kappa shape index (κ3) is 3.00. The van der Waals surface area contributed by atoms with Crippen LogP contribution in [0.15, 0.2) is 42.5 Å². The molecule has 0 aromatic heterocycles. The molecule has 22 heavy (non-hydrogen) atoms. The molecule has 3 heteroatoms. The van der Waals surface area contributed by atoms with Crippen LogP contribution in [0.2, 0.25) is 0 Å². The van der Waals surface area contributed by atoms with Crippen LogP contribution in [0.5, 0.6) is 0 Å². The molecule has 0 radical (unpaired) electrons. The van der Waals surface area contributed by atoms with Gasteiger partial charge >= 0.3 is 0 Å². The fourth-order valence-corrected chi connectivity index (χ4v) is 3.38. The Hall–Kier alpha value is -1.87. The molecule has 1 aliphatic heterocycles. The van der Waals surface area contributed by atoms with E-state index >= 15 is 0 Å². The molecule has 0 saturated carbocycles. The summed E-state index contributed by atoms with van der Waals surface area (Å²) in [6.07, 6.45) is 2.04. The summed E-state index contributed by atoms with van der Waals surface area (Å²) in [5.74, 6) is -0.157. The monoisotopic (exact) mass is 298 g/mol. The van der Waals surface area contributed by atoms with E-state index in [2.05, 4.69) is 35.3 Å². The van der Waals surface area contributed by atoms with Crippen molar-refractivity contribution in [1.82, 2.24) is 5.32 Å². The van der Waals surface area contributed by atoms with Gasteiger partial charge in [-0.2, -0.15) is 0 Å². The molecule has 2 nitrogen and oxygen atoms in total. The molecule has 1 heterocycles. The molecule has 0 spiro atoms. The molecule has 2 aromatic rings. The number of rotatable bonds is 5. The van der Waals surface area contributed by atoms with Crippen molar-refractivity contribution >= 4 is 5.69 Å². The van der Waals surface area contributed by atoms with Gasteiger partial charge < -0.3 is 10.2 Å². The van der Waals surface area contributed by atoms with Crippen LogP contribution >= 0.6 is 0 Å². The zero-order chi connectivity index (χ0) is 15.5. The lowest BCUT2D eigenvalue weighted by atomic mass is 10.0. The smallest absolute Gasteiger partial charge is 0.123 e. The van der Waals surface area contributed by atoms with Crippen LogP contribution in [0.4, 0.5) is 10.1 Å². The molecule has 116 valence electrons. The average Bonchev–Trinajstić information content (AvgIpc) is 2.91. The maximum Gasteiger partial charge on any atom is 0.123 e. The summed E-state index contributed by atoms with van der Waals surface area (Å²) in [5.41, 5.74) is 5.07. The molecule has 3 rings (SSSR count). The lowest BCUT2D eigenvalue weighted by Crippen LogP contribution is -2.29. The van der Waals surface area contributed by atoms with Crippen LogP contribution in [-0.2, 0) is 6.42 Å². The lowest BCUT2D eigenvalue weighted by Gasteiger charge is -2.31. The van der Waals surface area contributed by atoms with Gasteiger partial charge in [0.15, 0.2) is 0 Å². The molecule has 0 bridgehead atoms. The summed E-state index contributed by atoms with van der Waals surface area (Å²) >= 11 is 0. The van der Waals surface area contributed by atoms with Crippen molar-refractivity contribution in [2.24, 2.45) is 0 Å². The summed E-state index contributed by atoms with van der Waals surface area (Å²) < 4.78 is 13.7. The van der Waals surface area contributed by atoms with Crippen LogP contribution in [0, 0.1) is 12.7 Å². The molecule has 0 saturated heterocycles. The van der Waals surface area contributed by atoms with Crippen LogP contribution in [0.25, 0.3) is 0 Å². The summed E-state index contributed by atoms with van der Waals surface area (Å²) in [4.78, 5) is 2.43. The summed E-state index contributed by atoms with van der Waals surface area (Å²) in [5, 5.41) is 3.22. The molecule has 0 fully saturated rings. The predicted molar refractivity (Wildman–Crippen MR) is 89.9 cm³/mol. The van der Waals surface area contributed by atoms with E-state index in [1.807, 2.05) is 19.2 Å². The van der Waals surface area contributed by atoms with E-state index in [9.17, 15) is 4.39 Å². The molecule has 1 aliphatic rings. The molecular weight excluding hydrogens is 275 g/mol. The maximum atomic E-state index is 13.7. The Bertz CT molecular complexity index is 654. The minimum absolute atomic E-state index is 0.157. The van der Waals surface area contributed by atoms with Gasteiger partial charge in [-0.25, -0.2) is 4.39 Å². The first kappa shape index (κ1) is 15.0. The normalized spacial score (nSPS) is 15.0. The molecule has 1 unspecified atom stereocenters. The number of benzene rings is 2. The number of nitrogens with one attached hydrogen (secondary N) is 1. The van der Waals surface area contributed by atoms with Crippen molar-refractivity contribution in [3.05, 3.63) is 65.0 Å². The van der Waals surface area contributed by atoms with Crippen LogP contribution in [0.3, 0.4) is 0 Å². The van der Waals surface area contributed by atoms with Gasteiger partial charge in [0, 0.05) is 12.2 Å². The minimum Gasteiger partial charge on any atom is -0.364 e. The Morgan fingerprint density at radius 3 is 2.86 bits per heavy atom. The van der Waals surface area contributed by atoms with Gasteiger partial charge in [0.05, 0.1) is 6.04 Å². The Morgan fingerprint density at radius 1 is 1.23 bits per heavy atom. The second kappa shape index (κ2) is 6.49. The number of hydrogen-bond donors (Lipinski definition) is 1. The van der Waals surface area contributed by atoms with E-state index in [1.54, 1.807) is 6.07 Å². The highest BCUT2D eigenvalue weighted by Crippen LogP contribution is 2.37. The average molecular weight is 298 g/mol. The number of fused-ring (bicyclic) bond motifs is 1. The van der Waals surface area contributed by atoms with E-state index < -0.39 is 0 Å². The third-order valence-electron chi connectivity index (χ3n) is 4.44. The van der Waals surface area contributed by atoms with Gasteiger partial charge in [-0.3, -0.25) is 0 Å². The zero-order valence-corrected chi connectivity index (χ0v) is 13.3. The second-order valence-corrected chi connectivity index (χ2v) is 6.04. The van der Waals surface area contributed by atoms with Crippen molar-refractivity contribution in [2.75, 3.05) is 25.0 Å². The molecular formula is C19H23FN2. The lowest BCUT2D eigenvalue weighted by molar-refractivity contribution is 0.561. The molecule has 1 atom stereocenters. The van der Waals surface area contributed by atoms with Gasteiger partial charge in [-0.1, -0.05) is 29.8 Å². The van der Waals surface area contributed by atoms with E-state index in [0.29, 0.717) is 0 Å². The number of aryl methyl sites for hydroxylation is 1. The largest absolute Gasteiger partial charge is 0.364 e. The van der Waals surface area contributed by atoms with Crippen molar-refractivity contribution in [1.29, 1.82) is 0 Å². The van der Waals surface area contributed by atoms with Crippen molar-refractivity contribution in [2.45, 2.75) is 25.8 Å². The number of nitrogens with zero attached hydrogens (tertiary/aromatic N) is 1. The molecule has 0 amide bonds. The van der Waals surface area contributed by atoms with E-state index in [0.717, 1.165) is 31.5 Å². The number of halogens is 1. The predicted octanol–water partition coefficient (Wildman–Crippen LogP) is 3.85. The molecule has 2 aromatic carbocycles. The second-order valence-electron chi connectivity index (χ2n) is 6.04. The first-order valence-corrected chi connectivity index (χ1v) is 7.95. The Kier molecular flexibility index (Phi) is 4.44. The van der Waals surface area contributed by atoms with Gasteiger partial charge in [-0.05, 0) is 62.7 Å². The molecule has 1 N–H and O–H groups in total. The van der Waals surface area contributed by atoms with Gasteiger partial charge in [0.2, 0.25) is 0 Å². The van der Waals surface area contributed by atoms with E-state index in [1.165, 1.54) is 22.9 Å². The fourth-order valence-electron chi connectivity index (χ4n) is 3.38. The summed E-state index contributed by atoms with van der Waals surface area (Å²) in [6.45, 7) is 4.05. The SMILES string of the molecule is CNCCC(c1cccc(F)c1)N1CCc2cc(C)ccc21. The molecule has 0 aliphatic carbocycles. The zero-order valence-electron chi connectivity index (χ0n) is 13.3. The van der Waals surface area contributed by atoms with E-state index in [4.69, 9.17) is 0 Å². The van der Waals surface area contributed by atoms with Crippen LogP contribution < -0.4 is 10.2 Å². The van der Waals surface area contributed by atoms with Crippen molar-refractivity contribution in [3.8, 4) is 0 Å². The highest BCUT2D eigenvalue weighted by Gasteiger charge is 2.27. The van der Waals surface area contributed by atoms with E-state index in [-0.39, 0.29) is 11.9 Å². The number of anilines is 1. The standard InChI is InChI=1S/C19H23FN2/c1-14-6-7-18-16(12-14)9-11-22(18)19(8-10-21-2)15-4-3-5-17(20)13-15/h3-7,12-13,19,21H,8-11H2,1-2H3. The third-order valence-corrected chi connectivity index (χ3v) is 4.44.